The van der Waals surface area contributed by atoms with Crippen LogP contribution in [0, 0.1) is 13.8 Å². The third-order valence-electron chi connectivity index (χ3n) is 8.15. The van der Waals surface area contributed by atoms with E-state index in [1.807, 2.05) is 95.2 Å². The molecule has 8 heteroatoms. The molecule has 0 aliphatic heterocycles. The van der Waals surface area contributed by atoms with Gasteiger partial charge in [0.1, 0.15) is 11.5 Å². The lowest BCUT2D eigenvalue weighted by Gasteiger charge is -2.24. The van der Waals surface area contributed by atoms with Crippen molar-refractivity contribution in [2.75, 3.05) is 0 Å². The van der Waals surface area contributed by atoms with E-state index < -0.39 is 22.6 Å². The Morgan fingerprint density at radius 1 is 0.522 bits per heavy atom. The van der Waals surface area contributed by atoms with Crippen LogP contribution in [0.25, 0.3) is 32.7 Å². The van der Waals surface area contributed by atoms with E-state index in [1.165, 1.54) is 12.4 Å². The number of benzene rings is 4. The molecule has 46 heavy (non-hydrogen) atoms. The van der Waals surface area contributed by atoms with E-state index in [2.05, 4.69) is 9.98 Å². The van der Waals surface area contributed by atoms with Crippen LogP contribution in [0.5, 0.6) is 34.5 Å². The third kappa shape index (κ3) is 5.93. The number of phenolic OH excluding ortho intramolecular Hbond substituents is 6. The zero-order valence-corrected chi connectivity index (χ0v) is 29.0. The van der Waals surface area contributed by atoms with Crippen molar-refractivity contribution in [2.24, 2.45) is 9.98 Å². The van der Waals surface area contributed by atoms with Gasteiger partial charge in [-0.15, -0.1) is 0 Å². The number of aryl methyl sites for hydroxylation is 2. The van der Waals surface area contributed by atoms with Crippen molar-refractivity contribution in [2.45, 2.75) is 106 Å². The van der Waals surface area contributed by atoms with Gasteiger partial charge < -0.3 is 30.6 Å². The zero-order valence-electron chi connectivity index (χ0n) is 29.0. The van der Waals surface area contributed by atoms with Crippen LogP contribution in [-0.2, 0) is 0 Å². The molecule has 4 aromatic rings. The summed E-state index contributed by atoms with van der Waals surface area (Å²) in [7, 11) is 0. The second-order valence-electron chi connectivity index (χ2n) is 14.9. The van der Waals surface area contributed by atoms with E-state index in [4.69, 9.17) is 0 Å². The first-order chi connectivity index (χ1) is 21.1. The minimum absolute atomic E-state index is 0.158. The maximum absolute atomic E-state index is 12.2. The lowest BCUT2D eigenvalue weighted by Crippen LogP contribution is -2.10. The quantitative estimate of drug-likeness (QED) is 0.0959. The summed E-state index contributed by atoms with van der Waals surface area (Å²) in [6.45, 7) is 22.6. The number of aliphatic imine (C=N–C) groups is 2. The highest BCUT2D eigenvalue weighted by Gasteiger charge is 2.29. The predicted molar refractivity (Wildman–Crippen MR) is 189 cm³/mol. The first-order valence-electron chi connectivity index (χ1n) is 15.7. The van der Waals surface area contributed by atoms with Crippen molar-refractivity contribution in [1.82, 2.24) is 0 Å². The summed E-state index contributed by atoms with van der Waals surface area (Å²) in [4.78, 5) is 9.14. The molecule has 0 unspecified atom stereocenters. The molecule has 0 fully saturated rings. The van der Waals surface area contributed by atoms with E-state index in [0.717, 1.165) is 0 Å². The molecule has 0 spiro atoms. The van der Waals surface area contributed by atoms with Crippen LogP contribution >= 0.6 is 0 Å². The van der Waals surface area contributed by atoms with Gasteiger partial charge in [0, 0.05) is 56.6 Å². The van der Waals surface area contributed by atoms with Crippen molar-refractivity contribution in [3.63, 3.8) is 0 Å². The molecule has 0 aromatic heterocycles. The number of fused-ring (bicyclic) bond motifs is 2. The minimum atomic E-state index is -0.506. The van der Waals surface area contributed by atoms with Crippen LogP contribution in [0.15, 0.2) is 22.1 Å². The maximum atomic E-state index is 12.2. The van der Waals surface area contributed by atoms with Gasteiger partial charge in [0.15, 0.2) is 23.0 Å². The van der Waals surface area contributed by atoms with Gasteiger partial charge in [0.05, 0.1) is 11.1 Å². The fourth-order valence-electron chi connectivity index (χ4n) is 6.14. The Bertz CT molecular complexity index is 1800. The fraction of sp³-hybridized carbons (Fsp3) is 0.421. The molecule has 4 rings (SSSR count). The van der Waals surface area contributed by atoms with Crippen molar-refractivity contribution in [1.29, 1.82) is 0 Å². The van der Waals surface area contributed by atoms with Gasteiger partial charge in [-0.25, -0.2) is 0 Å². The van der Waals surface area contributed by atoms with Gasteiger partial charge in [-0.05, 0) is 89.1 Å². The van der Waals surface area contributed by atoms with E-state index in [9.17, 15) is 30.6 Å². The number of phenols is 6. The first kappa shape index (κ1) is 34.4. The van der Waals surface area contributed by atoms with Crippen LogP contribution < -0.4 is 0 Å². The highest BCUT2D eigenvalue weighted by atomic mass is 16.3. The van der Waals surface area contributed by atoms with Crippen LogP contribution in [0.2, 0.25) is 0 Å². The van der Waals surface area contributed by atoms with Crippen LogP contribution in [0.4, 0.5) is 0 Å². The third-order valence-corrected chi connectivity index (χ3v) is 8.15. The Labute approximate surface area is 271 Å². The Morgan fingerprint density at radius 3 is 1.09 bits per heavy atom. The molecule has 0 radical (unpaired) electrons. The molecule has 0 amide bonds. The fourth-order valence-corrected chi connectivity index (χ4v) is 6.14. The van der Waals surface area contributed by atoms with Crippen LogP contribution in [-0.4, -0.2) is 54.1 Å². The van der Waals surface area contributed by atoms with Gasteiger partial charge in [0.2, 0.25) is 0 Å². The van der Waals surface area contributed by atoms with E-state index in [1.54, 1.807) is 0 Å². The Hall–Kier alpha value is -4.46. The molecule has 0 saturated carbocycles. The predicted octanol–water partition coefficient (Wildman–Crippen LogP) is 9.19. The molecule has 246 valence electrons. The maximum Gasteiger partial charge on any atom is 0.167 e. The molecule has 0 saturated heterocycles. The number of rotatable bonds is 5. The molecular weight excluding hydrogens is 580 g/mol. The van der Waals surface area contributed by atoms with Gasteiger partial charge >= 0.3 is 0 Å². The summed E-state index contributed by atoms with van der Waals surface area (Å²) >= 11 is 0. The Morgan fingerprint density at radius 2 is 0.826 bits per heavy atom. The van der Waals surface area contributed by atoms with Crippen molar-refractivity contribution in [3.05, 3.63) is 45.5 Å². The van der Waals surface area contributed by atoms with Gasteiger partial charge in [0.25, 0.3) is 0 Å². The Balaban J connectivity index is 2.28. The molecule has 0 bridgehead atoms. The van der Waals surface area contributed by atoms with E-state index in [-0.39, 0.29) is 56.7 Å². The molecule has 4 aromatic carbocycles. The summed E-state index contributed by atoms with van der Waals surface area (Å²) < 4.78 is 0. The average Bonchev–Trinajstić information content (AvgIpc) is 2.90. The second kappa shape index (κ2) is 11.7. The van der Waals surface area contributed by atoms with Crippen molar-refractivity contribution >= 4 is 34.0 Å². The smallest absolute Gasteiger partial charge is 0.167 e. The number of hydrogen-bond acceptors (Lipinski definition) is 8. The number of hydrogen-bond donors (Lipinski definition) is 6. The van der Waals surface area contributed by atoms with Gasteiger partial charge in [-0.2, -0.15) is 0 Å². The lowest BCUT2D eigenvalue weighted by molar-refractivity contribution is 0.398. The van der Waals surface area contributed by atoms with Crippen molar-refractivity contribution < 1.29 is 30.6 Å². The highest BCUT2D eigenvalue weighted by molar-refractivity contribution is 6.15. The van der Waals surface area contributed by atoms with Crippen molar-refractivity contribution in [3.8, 4) is 45.6 Å². The number of aromatic hydroxyl groups is 6. The average molecular weight is 629 g/mol. The van der Waals surface area contributed by atoms with Crippen LogP contribution in [0.3, 0.4) is 0 Å². The summed E-state index contributed by atoms with van der Waals surface area (Å²) in [6.07, 6.45) is 2.93. The minimum Gasteiger partial charge on any atom is -0.507 e. The van der Waals surface area contributed by atoms with Gasteiger partial charge in [-0.1, -0.05) is 39.8 Å². The van der Waals surface area contributed by atoms with Crippen LogP contribution in [0.1, 0.15) is 114 Å². The monoisotopic (exact) mass is 628 g/mol. The zero-order chi connectivity index (χ0) is 34.8. The summed E-state index contributed by atoms with van der Waals surface area (Å²) in [6, 6.07) is 3.68. The lowest BCUT2D eigenvalue weighted by atomic mass is 9.83. The second-order valence-corrected chi connectivity index (χ2v) is 14.9. The topological polar surface area (TPSA) is 146 Å². The molecule has 6 N–H and O–H groups in total. The largest absolute Gasteiger partial charge is 0.507 e. The summed E-state index contributed by atoms with van der Waals surface area (Å²) in [5.41, 5.74) is 2.15. The molecule has 0 aliphatic rings. The standard InChI is InChI=1S/C38H48N2O6/c1-17(2)25-21-13-19(5)27(33(43)29(21)23(31(41)35(25)45)15-39-37(7,8)9)28-20(6)14-22-26(18(3)4)36(46)32(42)24(30(22)34(28)44)16-40-38(10,11)12/h13-18,41-46H,1-12H3. The molecular formula is C38H48N2O6. The SMILES string of the molecule is Cc1cc2c(C(C)C)c(O)c(O)c(C=NC(C)(C)C)c2c(O)c1-c1c(C)cc2c(C(C)C)c(O)c(O)c(C=NC(C)(C)C)c2c1O. The summed E-state index contributed by atoms with van der Waals surface area (Å²) in [5, 5.41) is 70.8. The molecule has 0 atom stereocenters. The molecule has 0 heterocycles. The molecule has 0 aliphatic carbocycles. The van der Waals surface area contributed by atoms with E-state index in [0.29, 0.717) is 44.2 Å². The number of nitrogens with zero attached hydrogens (tertiary/aromatic N) is 2. The van der Waals surface area contributed by atoms with E-state index >= 15 is 0 Å². The summed E-state index contributed by atoms with van der Waals surface area (Å²) in [5.74, 6) is -2.11. The first-order valence-corrected chi connectivity index (χ1v) is 15.7. The normalized spacial score (nSPS) is 13.1. The van der Waals surface area contributed by atoms with Gasteiger partial charge in [-0.3, -0.25) is 9.98 Å². The Kier molecular flexibility index (Phi) is 8.77. The molecule has 8 nitrogen and oxygen atoms in total. The highest BCUT2D eigenvalue weighted by Crippen LogP contribution is 2.54.